The van der Waals surface area contributed by atoms with Crippen LogP contribution in [0, 0.1) is 11.3 Å². The summed E-state index contributed by atoms with van der Waals surface area (Å²) in [6, 6.07) is 23.0. The van der Waals surface area contributed by atoms with E-state index in [1.165, 1.54) is 6.21 Å². The predicted octanol–water partition coefficient (Wildman–Crippen LogP) is 4.82. The van der Waals surface area contributed by atoms with Gasteiger partial charge in [0.15, 0.2) is 18.1 Å². The molecule has 0 aliphatic carbocycles. The Labute approximate surface area is 228 Å². The maximum atomic E-state index is 12.4. The maximum absolute atomic E-state index is 12.4. The van der Waals surface area contributed by atoms with Gasteiger partial charge in [0.1, 0.15) is 11.6 Å². The normalized spacial score (nSPS) is 10.6. The van der Waals surface area contributed by atoms with Crippen LogP contribution >= 0.6 is 11.6 Å². The third-order valence-electron chi connectivity index (χ3n) is 5.20. The lowest BCUT2D eigenvalue weighted by molar-refractivity contribution is -0.118. The number of rotatable bonds is 10. The van der Waals surface area contributed by atoms with E-state index < -0.39 is 5.56 Å². The predicted molar refractivity (Wildman–Crippen MR) is 149 cm³/mol. The van der Waals surface area contributed by atoms with Gasteiger partial charge >= 0.3 is 0 Å². The summed E-state index contributed by atoms with van der Waals surface area (Å²) in [6.07, 6.45) is 1.45. The first-order valence-electron chi connectivity index (χ1n) is 11.8. The number of anilines is 2. The third-order valence-corrected chi connectivity index (χ3v) is 5.48. The van der Waals surface area contributed by atoms with E-state index >= 15 is 0 Å². The molecule has 10 nitrogen and oxygen atoms in total. The number of aromatic amines is 1. The Hall–Kier alpha value is -5.14. The molecule has 4 rings (SSSR count). The number of hydrazone groups is 1. The molecule has 0 atom stereocenters. The largest absolute Gasteiger partial charge is 0.490 e. The van der Waals surface area contributed by atoms with Crippen molar-refractivity contribution in [2.45, 2.75) is 6.92 Å². The first-order chi connectivity index (χ1) is 19.0. The topological polar surface area (TPSA) is 141 Å². The molecule has 0 spiro atoms. The zero-order valence-corrected chi connectivity index (χ0v) is 21.5. The number of nitriles is 1. The molecule has 0 fully saturated rings. The SMILES string of the molecule is CCOc1cc(C=NNc2nc(-c3ccccc3)c(C#N)c(=O)[nH]2)cc(Cl)c1OCC(=O)Nc1ccccc1. The minimum atomic E-state index is -0.594. The Morgan fingerprint density at radius 1 is 1.13 bits per heavy atom. The van der Waals surface area contributed by atoms with Crippen LogP contribution in [0.5, 0.6) is 11.5 Å². The second-order valence-electron chi connectivity index (χ2n) is 7.95. The molecule has 4 aromatic rings. The molecule has 196 valence electrons. The minimum Gasteiger partial charge on any atom is -0.490 e. The highest BCUT2D eigenvalue weighted by Gasteiger charge is 2.15. The van der Waals surface area contributed by atoms with Gasteiger partial charge in [0.05, 0.1) is 23.5 Å². The summed E-state index contributed by atoms with van der Waals surface area (Å²) in [6.45, 7) is 1.87. The molecule has 0 aliphatic rings. The molecule has 3 N–H and O–H groups in total. The number of benzene rings is 3. The summed E-state index contributed by atoms with van der Waals surface area (Å²) < 4.78 is 11.3. The van der Waals surface area contributed by atoms with E-state index in [1.807, 2.05) is 30.3 Å². The quantitative estimate of drug-likeness (QED) is 0.192. The second kappa shape index (κ2) is 12.9. The Kier molecular flexibility index (Phi) is 8.90. The van der Waals surface area contributed by atoms with Crippen molar-refractivity contribution in [3.63, 3.8) is 0 Å². The van der Waals surface area contributed by atoms with Crippen LogP contribution in [0.15, 0.2) is 82.7 Å². The molecule has 0 saturated carbocycles. The van der Waals surface area contributed by atoms with Crippen LogP contribution in [-0.4, -0.2) is 35.3 Å². The zero-order chi connectivity index (χ0) is 27.6. The van der Waals surface area contributed by atoms with Crippen LogP contribution in [-0.2, 0) is 4.79 Å². The average Bonchev–Trinajstić information content (AvgIpc) is 2.93. The number of carbonyl (C=O) groups excluding carboxylic acids is 1. The molecule has 3 aromatic carbocycles. The third kappa shape index (κ3) is 7.00. The van der Waals surface area contributed by atoms with Crippen LogP contribution in [0.25, 0.3) is 11.3 Å². The van der Waals surface area contributed by atoms with Gasteiger partial charge in [-0.1, -0.05) is 60.1 Å². The lowest BCUT2D eigenvalue weighted by Gasteiger charge is -2.14. The van der Waals surface area contributed by atoms with Gasteiger partial charge in [-0.15, -0.1) is 0 Å². The zero-order valence-electron chi connectivity index (χ0n) is 20.8. The van der Waals surface area contributed by atoms with Gasteiger partial charge in [0, 0.05) is 11.3 Å². The number of amides is 1. The van der Waals surface area contributed by atoms with Crippen molar-refractivity contribution in [3.8, 4) is 28.8 Å². The molecule has 0 saturated heterocycles. The number of para-hydroxylation sites is 1. The van der Waals surface area contributed by atoms with Crippen molar-refractivity contribution in [3.05, 3.63) is 99.3 Å². The summed E-state index contributed by atoms with van der Waals surface area (Å²) in [4.78, 5) is 31.6. The van der Waals surface area contributed by atoms with E-state index in [4.69, 9.17) is 21.1 Å². The number of ether oxygens (including phenoxy) is 2. The van der Waals surface area contributed by atoms with E-state index in [1.54, 1.807) is 55.5 Å². The number of hydrogen-bond donors (Lipinski definition) is 3. The van der Waals surface area contributed by atoms with Crippen molar-refractivity contribution >= 4 is 35.4 Å². The molecule has 0 radical (unpaired) electrons. The molecule has 0 bridgehead atoms. The summed E-state index contributed by atoms with van der Waals surface area (Å²) >= 11 is 6.44. The van der Waals surface area contributed by atoms with Crippen molar-refractivity contribution in [1.29, 1.82) is 5.26 Å². The molecule has 39 heavy (non-hydrogen) atoms. The Morgan fingerprint density at radius 3 is 2.54 bits per heavy atom. The van der Waals surface area contributed by atoms with Crippen molar-refractivity contribution in [2.75, 3.05) is 24.0 Å². The molecular formula is C28H23ClN6O4. The fourth-order valence-electron chi connectivity index (χ4n) is 3.52. The van der Waals surface area contributed by atoms with Crippen LogP contribution in [0.1, 0.15) is 18.1 Å². The number of halogens is 1. The number of nitrogens with zero attached hydrogens (tertiary/aromatic N) is 3. The van der Waals surface area contributed by atoms with Crippen molar-refractivity contribution in [1.82, 2.24) is 9.97 Å². The monoisotopic (exact) mass is 542 g/mol. The number of carbonyl (C=O) groups is 1. The molecule has 11 heteroatoms. The smallest absolute Gasteiger partial charge is 0.270 e. The number of aromatic nitrogens is 2. The molecule has 1 heterocycles. The first-order valence-corrected chi connectivity index (χ1v) is 12.2. The number of H-pyrrole nitrogens is 1. The van der Waals surface area contributed by atoms with E-state index in [0.29, 0.717) is 29.2 Å². The van der Waals surface area contributed by atoms with Gasteiger partial charge in [-0.3, -0.25) is 14.6 Å². The molecule has 1 aromatic heterocycles. The number of nitrogens with one attached hydrogen (secondary N) is 3. The summed E-state index contributed by atoms with van der Waals surface area (Å²) in [5.74, 6) is 0.246. The standard InChI is InChI=1S/C28H23ClN6O4/c1-2-38-23-14-18(13-22(29)26(23)39-17-24(36)32-20-11-7-4-8-12-20)16-31-35-28-33-25(19-9-5-3-6-10-19)21(15-30)27(37)34-28/h3-14,16H,2,17H2,1H3,(H,32,36)(H2,33,34,35,37). The maximum Gasteiger partial charge on any atom is 0.270 e. The second-order valence-corrected chi connectivity index (χ2v) is 8.36. The van der Waals surface area contributed by atoms with Gasteiger partial charge in [-0.25, -0.2) is 10.4 Å². The minimum absolute atomic E-state index is 0.0506. The van der Waals surface area contributed by atoms with Crippen LogP contribution in [0.2, 0.25) is 5.02 Å². The summed E-state index contributed by atoms with van der Waals surface area (Å²) in [7, 11) is 0. The van der Waals surface area contributed by atoms with E-state index in [9.17, 15) is 14.9 Å². The molecule has 1 amide bonds. The Morgan fingerprint density at radius 2 is 1.85 bits per heavy atom. The highest BCUT2D eigenvalue weighted by Crippen LogP contribution is 2.36. The van der Waals surface area contributed by atoms with Crippen molar-refractivity contribution in [2.24, 2.45) is 5.10 Å². The average molecular weight is 543 g/mol. The van der Waals surface area contributed by atoms with Gasteiger partial charge < -0.3 is 14.8 Å². The fourth-order valence-corrected chi connectivity index (χ4v) is 3.80. The van der Waals surface area contributed by atoms with Gasteiger partial charge in [0.2, 0.25) is 5.95 Å². The number of hydrogen-bond acceptors (Lipinski definition) is 8. The van der Waals surface area contributed by atoms with Crippen LogP contribution < -0.4 is 25.8 Å². The lowest BCUT2D eigenvalue weighted by Crippen LogP contribution is -2.20. The summed E-state index contributed by atoms with van der Waals surface area (Å²) in [5, 5.41) is 16.5. The van der Waals surface area contributed by atoms with Gasteiger partial charge in [-0.2, -0.15) is 10.4 Å². The van der Waals surface area contributed by atoms with E-state index in [2.05, 4.69) is 25.8 Å². The fraction of sp³-hybridized carbons (Fsp3) is 0.107. The first kappa shape index (κ1) is 26.9. The van der Waals surface area contributed by atoms with Crippen molar-refractivity contribution < 1.29 is 14.3 Å². The molecular weight excluding hydrogens is 520 g/mol. The Bertz CT molecular complexity index is 1580. The van der Waals surface area contributed by atoms with E-state index in [-0.39, 0.29) is 40.5 Å². The van der Waals surface area contributed by atoms with Crippen LogP contribution in [0.4, 0.5) is 11.6 Å². The summed E-state index contributed by atoms with van der Waals surface area (Å²) in [5.41, 5.74) is 4.03. The molecule has 0 aliphatic heterocycles. The Balaban J connectivity index is 1.49. The highest BCUT2D eigenvalue weighted by atomic mass is 35.5. The van der Waals surface area contributed by atoms with E-state index in [0.717, 1.165) is 0 Å². The lowest BCUT2D eigenvalue weighted by atomic mass is 10.1. The van der Waals surface area contributed by atoms with Gasteiger partial charge in [-0.05, 0) is 36.8 Å². The molecule has 0 unspecified atom stereocenters. The highest BCUT2D eigenvalue weighted by molar-refractivity contribution is 6.32. The van der Waals surface area contributed by atoms with Crippen LogP contribution in [0.3, 0.4) is 0 Å². The van der Waals surface area contributed by atoms with Gasteiger partial charge in [0.25, 0.3) is 11.5 Å².